The molecule has 2 aliphatic rings. The number of nitrogens with zero attached hydrogens (tertiary/aromatic N) is 4. The Balaban J connectivity index is 1.68. The molecule has 0 bridgehead atoms. The summed E-state index contributed by atoms with van der Waals surface area (Å²) in [4.78, 5) is 14.8. The highest BCUT2D eigenvalue weighted by atomic mass is 15.3. The molecule has 4 rings (SSSR count). The fourth-order valence-electron chi connectivity index (χ4n) is 4.04. The van der Waals surface area contributed by atoms with Crippen molar-refractivity contribution in [2.45, 2.75) is 44.7 Å². The molecule has 0 aliphatic carbocycles. The van der Waals surface area contributed by atoms with Gasteiger partial charge in [0.25, 0.3) is 0 Å². The van der Waals surface area contributed by atoms with Crippen LogP contribution in [0.3, 0.4) is 0 Å². The first-order chi connectivity index (χ1) is 9.78. The van der Waals surface area contributed by atoms with E-state index >= 15 is 0 Å². The maximum Gasteiger partial charge on any atom is 0.160 e. The Kier molecular flexibility index (Phi) is 2.70. The zero-order valence-corrected chi connectivity index (χ0v) is 12.0. The second kappa shape index (κ2) is 4.45. The van der Waals surface area contributed by atoms with Crippen LogP contribution in [0.1, 0.15) is 31.4 Å². The minimum Gasteiger partial charge on any atom is -0.348 e. The average Bonchev–Trinajstić information content (AvgIpc) is 3.13. The van der Waals surface area contributed by atoms with Crippen LogP contribution in [0.25, 0.3) is 11.5 Å². The number of aryl methyl sites for hydroxylation is 1. The van der Waals surface area contributed by atoms with Crippen molar-refractivity contribution < 1.29 is 0 Å². The number of fused-ring (bicyclic) bond motifs is 1. The molecule has 2 saturated heterocycles. The molecule has 0 unspecified atom stereocenters. The SMILES string of the molecule is Cc1[nH]cnc1-c1nccn1CC12CCCN1CCC2. The minimum atomic E-state index is 0.375. The van der Waals surface area contributed by atoms with Crippen LogP contribution in [0.5, 0.6) is 0 Å². The molecule has 4 heterocycles. The first kappa shape index (κ1) is 12.1. The molecular weight excluding hydrogens is 250 g/mol. The van der Waals surface area contributed by atoms with Crippen molar-refractivity contribution in [2.75, 3.05) is 13.1 Å². The molecule has 5 nitrogen and oxygen atoms in total. The van der Waals surface area contributed by atoms with Gasteiger partial charge in [0.1, 0.15) is 5.69 Å². The predicted octanol–water partition coefficient (Wildman–Crippen LogP) is 2.21. The largest absolute Gasteiger partial charge is 0.348 e. The van der Waals surface area contributed by atoms with Crippen LogP contribution in [-0.4, -0.2) is 43.0 Å². The summed E-state index contributed by atoms with van der Waals surface area (Å²) >= 11 is 0. The van der Waals surface area contributed by atoms with Gasteiger partial charge >= 0.3 is 0 Å². The van der Waals surface area contributed by atoms with E-state index in [9.17, 15) is 0 Å². The van der Waals surface area contributed by atoms with Gasteiger partial charge in [0.05, 0.1) is 6.33 Å². The van der Waals surface area contributed by atoms with Gasteiger partial charge in [0, 0.05) is 30.2 Å². The Morgan fingerprint density at radius 1 is 1.25 bits per heavy atom. The van der Waals surface area contributed by atoms with Crippen LogP contribution >= 0.6 is 0 Å². The van der Waals surface area contributed by atoms with Crippen LogP contribution in [0, 0.1) is 6.92 Å². The summed E-state index contributed by atoms with van der Waals surface area (Å²) in [5.41, 5.74) is 2.44. The summed E-state index contributed by atoms with van der Waals surface area (Å²) in [6, 6.07) is 0. The van der Waals surface area contributed by atoms with Crippen molar-refractivity contribution in [1.29, 1.82) is 0 Å². The maximum absolute atomic E-state index is 4.53. The molecule has 20 heavy (non-hydrogen) atoms. The predicted molar refractivity (Wildman–Crippen MR) is 77.3 cm³/mol. The van der Waals surface area contributed by atoms with Gasteiger partial charge in [0.15, 0.2) is 5.82 Å². The number of aromatic amines is 1. The van der Waals surface area contributed by atoms with Gasteiger partial charge in [-0.05, 0) is 45.7 Å². The van der Waals surface area contributed by atoms with E-state index in [4.69, 9.17) is 0 Å². The summed E-state index contributed by atoms with van der Waals surface area (Å²) < 4.78 is 2.30. The molecule has 2 aromatic heterocycles. The molecule has 0 aromatic carbocycles. The topological polar surface area (TPSA) is 49.7 Å². The van der Waals surface area contributed by atoms with Crippen LogP contribution in [0.2, 0.25) is 0 Å². The molecule has 0 radical (unpaired) electrons. The molecule has 0 amide bonds. The molecule has 0 atom stereocenters. The molecule has 0 spiro atoms. The van der Waals surface area contributed by atoms with E-state index in [1.165, 1.54) is 38.8 Å². The van der Waals surface area contributed by atoms with Gasteiger partial charge in [0.2, 0.25) is 0 Å². The van der Waals surface area contributed by atoms with Gasteiger partial charge in [-0.15, -0.1) is 0 Å². The van der Waals surface area contributed by atoms with Gasteiger partial charge in [-0.1, -0.05) is 0 Å². The van der Waals surface area contributed by atoms with Crippen molar-refractivity contribution in [3.63, 3.8) is 0 Å². The van der Waals surface area contributed by atoms with Gasteiger partial charge < -0.3 is 9.55 Å². The summed E-state index contributed by atoms with van der Waals surface area (Å²) in [5.74, 6) is 0.997. The van der Waals surface area contributed by atoms with Crippen molar-refractivity contribution in [1.82, 2.24) is 24.4 Å². The molecule has 0 saturated carbocycles. The van der Waals surface area contributed by atoms with Gasteiger partial charge in [-0.2, -0.15) is 0 Å². The lowest BCUT2D eigenvalue weighted by atomic mass is 9.94. The monoisotopic (exact) mass is 271 g/mol. The zero-order chi connectivity index (χ0) is 13.6. The Bertz CT molecular complexity index is 601. The maximum atomic E-state index is 4.53. The number of hydrogen-bond acceptors (Lipinski definition) is 3. The lowest BCUT2D eigenvalue weighted by Gasteiger charge is -2.32. The molecular formula is C15H21N5. The molecule has 2 fully saturated rings. The quantitative estimate of drug-likeness (QED) is 0.931. The lowest BCUT2D eigenvalue weighted by molar-refractivity contribution is 0.170. The van der Waals surface area contributed by atoms with Crippen LogP contribution in [0.4, 0.5) is 0 Å². The number of hydrogen-bond donors (Lipinski definition) is 1. The number of aromatic nitrogens is 4. The Morgan fingerprint density at radius 2 is 2.05 bits per heavy atom. The highest BCUT2D eigenvalue weighted by Gasteiger charge is 2.44. The first-order valence-electron chi connectivity index (χ1n) is 7.55. The number of nitrogens with one attached hydrogen (secondary N) is 1. The van der Waals surface area contributed by atoms with E-state index in [0.29, 0.717) is 5.54 Å². The Labute approximate surface area is 119 Å². The molecule has 2 aromatic rings. The van der Waals surface area contributed by atoms with Crippen LogP contribution < -0.4 is 0 Å². The van der Waals surface area contributed by atoms with E-state index in [1.807, 2.05) is 6.20 Å². The fourth-order valence-corrected chi connectivity index (χ4v) is 4.04. The number of H-pyrrole nitrogens is 1. The van der Waals surface area contributed by atoms with E-state index in [-0.39, 0.29) is 0 Å². The zero-order valence-electron chi connectivity index (χ0n) is 12.0. The lowest BCUT2D eigenvalue weighted by Crippen LogP contribution is -2.42. The van der Waals surface area contributed by atoms with Gasteiger partial charge in [-0.25, -0.2) is 9.97 Å². The minimum absolute atomic E-state index is 0.375. The van der Waals surface area contributed by atoms with Crippen LogP contribution in [-0.2, 0) is 6.54 Å². The molecule has 2 aliphatic heterocycles. The van der Waals surface area contributed by atoms with E-state index in [1.54, 1.807) is 6.33 Å². The molecule has 1 N–H and O–H groups in total. The average molecular weight is 271 g/mol. The standard InChI is InChI=1S/C15H21N5/c1-12-13(18-11-17-12)14-16-6-9-19(14)10-15-4-2-7-20(15)8-3-5-15/h6,9,11H,2-5,7-8,10H2,1H3,(H,17,18). The van der Waals surface area contributed by atoms with Crippen molar-refractivity contribution >= 4 is 0 Å². The molecule has 106 valence electrons. The van der Waals surface area contributed by atoms with Crippen LogP contribution in [0.15, 0.2) is 18.7 Å². The fraction of sp³-hybridized carbons (Fsp3) is 0.600. The van der Waals surface area contributed by atoms with Crippen molar-refractivity contribution in [3.05, 3.63) is 24.4 Å². The van der Waals surface area contributed by atoms with Crippen molar-refractivity contribution in [3.8, 4) is 11.5 Å². The first-order valence-corrected chi connectivity index (χ1v) is 7.55. The summed E-state index contributed by atoms with van der Waals surface area (Å²) in [6.45, 7) is 5.64. The summed E-state index contributed by atoms with van der Waals surface area (Å²) in [6.07, 6.45) is 11.1. The Morgan fingerprint density at radius 3 is 2.75 bits per heavy atom. The second-order valence-corrected chi connectivity index (χ2v) is 6.17. The second-order valence-electron chi connectivity index (χ2n) is 6.17. The van der Waals surface area contributed by atoms with E-state index in [0.717, 1.165) is 23.8 Å². The highest BCUT2D eigenvalue weighted by Crippen LogP contribution is 2.40. The van der Waals surface area contributed by atoms with E-state index < -0.39 is 0 Å². The van der Waals surface area contributed by atoms with Crippen molar-refractivity contribution in [2.24, 2.45) is 0 Å². The third-order valence-corrected chi connectivity index (χ3v) is 5.03. The van der Waals surface area contributed by atoms with Gasteiger partial charge in [-0.3, -0.25) is 4.90 Å². The highest BCUT2D eigenvalue weighted by molar-refractivity contribution is 5.52. The summed E-state index contributed by atoms with van der Waals surface area (Å²) in [7, 11) is 0. The number of rotatable bonds is 3. The molecule has 5 heteroatoms. The smallest absolute Gasteiger partial charge is 0.160 e. The van der Waals surface area contributed by atoms with E-state index in [2.05, 4.69) is 37.5 Å². The Hall–Kier alpha value is -1.62. The third kappa shape index (κ3) is 1.73. The summed E-state index contributed by atoms with van der Waals surface area (Å²) in [5, 5.41) is 0. The third-order valence-electron chi connectivity index (χ3n) is 5.03. The normalized spacial score (nSPS) is 21.4. The number of imidazole rings is 2.